The number of ether oxygens (including phenoxy) is 1. The molecule has 90 valence electrons. The minimum Gasteiger partial charge on any atom is -0.382 e. The number of benzene rings is 1. The Kier molecular flexibility index (Phi) is 5.50. The summed E-state index contributed by atoms with van der Waals surface area (Å²) in [5.74, 6) is 0.451. The van der Waals surface area contributed by atoms with E-state index in [1.54, 1.807) is 7.11 Å². The minimum absolute atomic E-state index is 0.336. The maximum Gasteiger partial charge on any atom is 0.0546 e. The van der Waals surface area contributed by atoms with Gasteiger partial charge in [0.1, 0.15) is 0 Å². The molecule has 0 saturated carbocycles. The van der Waals surface area contributed by atoms with E-state index < -0.39 is 0 Å². The molecule has 0 heterocycles. The second-order valence-corrected chi connectivity index (χ2v) is 4.46. The van der Waals surface area contributed by atoms with Gasteiger partial charge in [-0.3, -0.25) is 0 Å². The van der Waals surface area contributed by atoms with Crippen LogP contribution in [0.5, 0.6) is 0 Å². The number of hydrogen-bond donors (Lipinski definition) is 1. The van der Waals surface area contributed by atoms with Gasteiger partial charge in [0.25, 0.3) is 0 Å². The van der Waals surface area contributed by atoms with Gasteiger partial charge in [-0.2, -0.15) is 0 Å². The molecular formula is C14H23NO. The Labute approximate surface area is 98.8 Å². The molecule has 0 aliphatic heterocycles. The molecule has 0 amide bonds. The van der Waals surface area contributed by atoms with Gasteiger partial charge in [-0.15, -0.1) is 0 Å². The molecule has 1 aromatic carbocycles. The molecule has 0 bridgehead atoms. The zero-order chi connectivity index (χ0) is 12.0. The third-order valence-electron chi connectivity index (χ3n) is 3.14. The van der Waals surface area contributed by atoms with Crippen molar-refractivity contribution in [3.63, 3.8) is 0 Å². The maximum atomic E-state index is 5.64. The first-order valence-electron chi connectivity index (χ1n) is 5.99. The van der Waals surface area contributed by atoms with Crippen molar-refractivity contribution in [2.45, 2.75) is 38.7 Å². The third-order valence-corrected chi connectivity index (χ3v) is 3.14. The van der Waals surface area contributed by atoms with Gasteiger partial charge in [0.05, 0.1) is 6.10 Å². The topological polar surface area (TPSA) is 35.2 Å². The van der Waals surface area contributed by atoms with Gasteiger partial charge in [0, 0.05) is 7.11 Å². The Hall–Kier alpha value is -0.860. The summed E-state index contributed by atoms with van der Waals surface area (Å²) in [6.45, 7) is 4.97. The SMILES string of the molecule is COC(C)CCc1ccc(C(C)CN)cc1. The molecule has 0 aromatic heterocycles. The summed E-state index contributed by atoms with van der Waals surface area (Å²) < 4.78 is 5.23. The fourth-order valence-corrected chi connectivity index (χ4v) is 1.64. The third kappa shape index (κ3) is 3.95. The van der Waals surface area contributed by atoms with Crippen LogP contribution in [-0.4, -0.2) is 19.8 Å². The highest BCUT2D eigenvalue weighted by Gasteiger charge is 2.04. The van der Waals surface area contributed by atoms with Crippen molar-refractivity contribution >= 4 is 0 Å². The number of methoxy groups -OCH3 is 1. The van der Waals surface area contributed by atoms with Crippen LogP contribution < -0.4 is 5.73 Å². The lowest BCUT2D eigenvalue weighted by atomic mass is 9.98. The second-order valence-electron chi connectivity index (χ2n) is 4.46. The summed E-state index contributed by atoms with van der Waals surface area (Å²) in [5, 5.41) is 0. The standard InChI is InChI=1S/C14H23NO/c1-11(10-15)14-8-6-13(7-9-14)5-4-12(2)16-3/h6-9,11-12H,4-5,10,15H2,1-3H3. The fraction of sp³-hybridized carbons (Fsp3) is 0.571. The second kappa shape index (κ2) is 6.66. The monoisotopic (exact) mass is 221 g/mol. The van der Waals surface area contributed by atoms with Crippen LogP contribution in [0.15, 0.2) is 24.3 Å². The van der Waals surface area contributed by atoms with E-state index in [1.165, 1.54) is 11.1 Å². The summed E-state index contributed by atoms with van der Waals surface area (Å²) in [5.41, 5.74) is 8.34. The average molecular weight is 221 g/mol. The first-order chi connectivity index (χ1) is 7.67. The Morgan fingerprint density at radius 3 is 2.31 bits per heavy atom. The number of aryl methyl sites for hydroxylation is 1. The highest BCUT2D eigenvalue weighted by atomic mass is 16.5. The summed E-state index contributed by atoms with van der Waals surface area (Å²) in [4.78, 5) is 0. The van der Waals surface area contributed by atoms with Crippen LogP contribution in [0.4, 0.5) is 0 Å². The van der Waals surface area contributed by atoms with E-state index in [0.717, 1.165) is 12.8 Å². The van der Waals surface area contributed by atoms with Crippen molar-refractivity contribution < 1.29 is 4.74 Å². The van der Waals surface area contributed by atoms with Gasteiger partial charge in [0.15, 0.2) is 0 Å². The van der Waals surface area contributed by atoms with Crippen LogP contribution >= 0.6 is 0 Å². The molecule has 0 aliphatic carbocycles. The number of rotatable bonds is 6. The predicted octanol–water partition coefficient (Wildman–Crippen LogP) is 2.72. The van der Waals surface area contributed by atoms with E-state index >= 15 is 0 Å². The summed E-state index contributed by atoms with van der Waals surface area (Å²) >= 11 is 0. The van der Waals surface area contributed by atoms with Crippen molar-refractivity contribution in [2.24, 2.45) is 5.73 Å². The molecular weight excluding hydrogens is 198 g/mol. The molecule has 0 aliphatic rings. The van der Waals surface area contributed by atoms with E-state index in [0.29, 0.717) is 18.6 Å². The molecule has 0 radical (unpaired) electrons. The van der Waals surface area contributed by atoms with Crippen LogP contribution in [0.1, 0.15) is 37.3 Å². The van der Waals surface area contributed by atoms with E-state index in [1.807, 2.05) is 0 Å². The van der Waals surface area contributed by atoms with Gasteiger partial charge in [-0.25, -0.2) is 0 Å². The van der Waals surface area contributed by atoms with Gasteiger partial charge in [-0.1, -0.05) is 31.2 Å². The van der Waals surface area contributed by atoms with Gasteiger partial charge in [-0.05, 0) is 43.4 Å². The molecule has 0 spiro atoms. The lowest BCUT2D eigenvalue weighted by Gasteiger charge is -2.11. The Balaban J connectivity index is 2.51. The molecule has 2 N–H and O–H groups in total. The normalized spacial score (nSPS) is 14.8. The van der Waals surface area contributed by atoms with Crippen LogP contribution in [0.25, 0.3) is 0 Å². The maximum absolute atomic E-state index is 5.64. The molecule has 2 nitrogen and oxygen atoms in total. The fourth-order valence-electron chi connectivity index (χ4n) is 1.64. The molecule has 16 heavy (non-hydrogen) atoms. The zero-order valence-electron chi connectivity index (χ0n) is 10.6. The lowest BCUT2D eigenvalue weighted by Crippen LogP contribution is -2.09. The summed E-state index contributed by atoms with van der Waals surface area (Å²) in [6.07, 6.45) is 2.48. The van der Waals surface area contributed by atoms with E-state index in [2.05, 4.69) is 38.1 Å². The van der Waals surface area contributed by atoms with Crippen molar-refractivity contribution in [1.29, 1.82) is 0 Å². The minimum atomic E-state index is 0.336. The zero-order valence-corrected chi connectivity index (χ0v) is 10.6. The predicted molar refractivity (Wildman–Crippen MR) is 68.7 cm³/mol. The highest BCUT2D eigenvalue weighted by Crippen LogP contribution is 2.15. The Morgan fingerprint density at radius 1 is 1.19 bits per heavy atom. The molecule has 2 atom stereocenters. The molecule has 1 aromatic rings. The quantitative estimate of drug-likeness (QED) is 0.801. The van der Waals surface area contributed by atoms with Crippen LogP contribution in [0.2, 0.25) is 0 Å². The number of hydrogen-bond acceptors (Lipinski definition) is 2. The first kappa shape index (κ1) is 13.2. The smallest absolute Gasteiger partial charge is 0.0546 e. The van der Waals surface area contributed by atoms with Crippen molar-refractivity contribution in [3.05, 3.63) is 35.4 Å². The van der Waals surface area contributed by atoms with Gasteiger partial charge >= 0.3 is 0 Å². The van der Waals surface area contributed by atoms with Crippen molar-refractivity contribution in [1.82, 2.24) is 0 Å². The van der Waals surface area contributed by atoms with E-state index in [9.17, 15) is 0 Å². The van der Waals surface area contributed by atoms with Gasteiger partial charge in [0.2, 0.25) is 0 Å². The van der Waals surface area contributed by atoms with Crippen LogP contribution in [0.3, 0.4) is 0 Å². The first-order valence-corrected chi connectivity index (χ1v) is 5.99. The largest absolute Gasteiger partial charge is 0.382 e. The van der Waals surface area contributed by atoms with Crippen LogP contribution in [0, 0.1) is 0 Å². The summed E-state index contributed by atoms with van der Waals surface area (Å²) in [7, 11) is 1.76. The highest BCUT2D eigenvalue weighted by molar-refractivity contribution is 5.25. The molecule has 2 unspecified atom stereocenters. The van der Waals surface area contributed by atoms with Crippen molar-refractivity contribution in [3.8, 4) is 0 Å². The Bertz CT molecular complexity index is 294. The molecule has 0 fully saturated rings. The number of nitrogens with two attached hydrogens (primary N) is 1. The summed E-state index contributed by atoms with van der Waals surface area (Å²) in [6, 6.07) is 8.77. The molecule has 0 saturated heterocycles. The molecule has 2 heteroatoms. The lowest BCUT2D eigenvalue weighted by molar-refractivity contribution is 0.111. The molecule has 1 rings (SSSR count). The van der Waals surface area contributed by atoms with Crippen molar-refractivity contribution in [2.75, 3.05) is 13.7 Å². The van der Waals surface area contributed by atoms with Gasteiger partial charge < -0.3 is 10.5 Å². The van der Waals surface area contributed by atoms with E-state index in [4.69, 9.17) is 10.5 Å². The average Bonchev–Trinajstić information content (AvgIpc) is 2.35. The van der Waals surface area contributed by atoms with E-state index in [-0.39, 0.29) is 0 Å². The van der Waals surface area contributed by atoms with Crippen LogP contribution in [-0.2, 0) is 11.2 Å². The Morgan fingerprint density at radius 2 is 1.81 bits per heavy atom.